The normalized spacial score (nSPS) is 10.3. The topological polar surface area (TPSA) is 64.1 Å². The van der Waals surface area contributed by atoms with E-state index < -0.39 is 0 Å². The van der Waals surface area contributed by atoms with Gasteiger partial charge in [0.15, 0.2) is 0 Å². The van der Waals surface area contributed by atoms with E-state index in [0.29, 0.717) is 40.3 Å². The molecule has 5 nitrogen and oxygen atoms in total. The summed E-state index contributed by atoms with van der Waals surface area (Å²) in [6, 6.07) is 6.99. The molecule has 110 valence electrons. The Labute approximate surface area is 128 Å². The number of aromatic nitrogens is 2. The van der Waals surface area contributed by atoms with Crippen molar-refractivity contribution in [2.45, 2.75) is 20.8 Å². The predicted octanol–water partition coefficient (Wildman–Crippen LogP) is 3.40. The van der Waals surface area contributed by atoms with E-state index in [0.717, 1.165) is 0 Å². The molecule has 2 rings (SSSR count). The Morgan fingerprint density at radius 3 is 2.29 bits per heavy atom. The van der Waals surface area contributed by atoms with Gasteiger partial charge >= 0.3 is 6.01 Å². The van der Waals surface area contributed by atoms with Crippen LogP contribution in [0.3, 0.4) is 0 Å². The summed E-state index contributed by atoms with van der Waals surface area (Å²) in [6.45, 7) is 5.96. The van der Waals surface area contributed by atoms with Crippen molar-refractivity contribution in [2.75, 3.05) is 11.9 Å². The number of amides is 1. The number of nitrogens with zero attached hydrogens (tertiary/aromatic N) is 2. The van der Waals surface area contributed by atoms with Crippen LogP contribution in [0, 0.1) is 13.8 Å². The summed E-state index contributed by atoms with van der Waals surface area (Å²) in [4.78, 5) is 20.6. The molecule has 0 bridgehead atoms. The maximum atomic E-state index is 12.2. The summed E-state index contributed by atoms with van der Waals surface area (Å²) in [6.07, 6.45) is 0. The predicted molar refractivity (Wildman–Crippen MR) is 82.1 cm³/mol. The van der Waals surface area contributed by atoms with Gasteiger partial charge in [-0.2, -0.15) is 9.97 Å². The number of aryl methyl sites for hydroxylation is 2. The van der Waals surface area contributed by atoms with Gasteiger partial charge in [0.2, 0.25) is 0 Å². The highest BCUT2D eigenvalue weighted by Crippen LogP contribution is 2.20. The lowest BCUT2D eigenvalue weighted by molar-refractivity contribution is 0.102. The molecule has 0 aliphatic rings. The third kappa shape index (κ3) is 3.70. The molecule has 2 aromatic rings. The lowest BCUT2D eigenvalue weighted by atomic mass is 10.2. The third-order valence-electron chi connectivity index (χ3n) is 2.87. The van der Waals surface area contributed by atoms with Crippen molar-refractivity contribution in [3.05, 3.63) is 46.2 Å². The van der Waals surface area contributed by atoms with Crippen LogP contribution in [0.2, 0.25) is 5.02 Å². The Morgan fingerprint density at radius 1 is 1.19 bits per heavy atom. The van der Waals surface area contributed by atoms with Crippen LogP contribution in [-0.2, 0) is 0 Å². The quantitative estimate of drug-likeness (QED) is 0.940. The lowest BCUT2D eigenvalue weighted by Gasteiger charge is -2.12. The molecule has 0 aliphatic heterocycles. The molecule has 0 saturated carbocycles. The van der Waals surface area contributed by atoms with Crippen LogP contribution in [-0.4, -0.2) is 22.5 Å². The molecule has 0 unspecified atom stereocenters. The third-order valence-corrected chi connectivity index (χ3v) is 3.12. The van der Waals surface area contributed by atoms with Gasteiger partial charge in [0.1, 0.15) is 0 Å². The van der Waals surface area contributed by atoms with Gasteiger partial charge in [-0.05, 0) is 45.0 Å². The zero-order valence-electron chi connectivity index (χ0n) is 12.1. The number of carbonyl (C=O) groups is 1. The van der Waals surface area contributed by atoms with Gasteiger partial charge in [0.25, 0.3) is 5.91 Å². The average Bonchev–Trinajstić information content (AvgIpc) is 2.44. The average molecular weight is 306 g/mol. The Kier molecular flexibility index (Phi) is 4.75. The van der Waals surface area contributed by atoms with E-state index in [9.17, 15) is 4.79 Å². The zero-order chi connectivity index (χ0) is 15.4. The van der Waals surface area contributed by atoms with Crippen LogP contribution in [0.4, 0.5) is 5.69 Å². The van der Waals surface area contributed by atoms with E-state index in [2.05, 4.69) is 15.3 Å². The number of rotatable bonds is 4. The van der Waals surface area contributed by atoms with Gasteiger partial charge in [0.05, 0.1) is 23.7 Å². The lowest BCUT2D eigenvalue weighted by Crippen LogP contribution is -2.15. The highest BCUT2D eigenvalue weighted by molar-refractivity contribution is 6.30. The van der Waals surface area contributed by atoms with Gasteiger partial charge in [-0.1, -0.05) is 11.6 Å². The molecule has 1 N–H and O–H groups in total. The van der Waals surface area contributed by atoms with Gasteiger partial charge in [-0.25, -0.2) is 0 Å². The van der Waals surface area contributed by atoms with Crippen molar-refractivity contribution < 1.29 is 9.53 Å². The van der Waals surface area contributed by atoms with E-state index in [1.54, 1.807) is 38.1 Å². The van der Waals surface area contributed by atoms with Crippen molar-refractivity contribution in [1.82, 2.24) is 9.97 Å². The van der Waals surface area contributed by atoms with E-state index in [4.69, 9.17) is 16.3 Å². The molecule has 0 saturated heterocycles. The maximum Gasteiger partial charge on any atom is 0.316 e. The first-order valence-electron chi connectivity index (χ1n) is 6.56. The molecular weight excluding hydrogens is 290 g/mol. The highest BCUT2D eigenvalue weighted by atomic mass is 35.5. The number of nitrogens with one attached hydrogen (secondary N) is 1. The summed E-state index contributed by atoms with van der Waals surface area (Å²) in [5, 5.41) is 3.41. The molecule has 0 fully saturated rings. The van der Waals surface area contributed by atoms with Crippen molar-refractivity contribution in [2.24, 2.45) is 0 Å². The molecule has 0 radical (unpaired) electrons. The van der Waals surface area contributed by atoms with E-state index in [1.807, 2.05) is 6.92 Å². The number of halogens is 1. The molecule has 0 atom stereocenters. The molecule has 1 amide bonds. The number of carbonyl (C=O) groups excluding carboxylic acids is 1. The molecule has 1 aromatic carbocycles. The molecule has 1 aromatic heterocycles. The number of hydrogen-bond donors (Lipinski definition) is 1. The number of ether oxygens (including phenoxy) is 1. The molecule has 0 spiro atoms. The number of hydrogen-bond acceptors (Lipinski definition) is 4. The first-order valence-corrected chi connectivity index (χ1v) is 6.94. The molecule has 0 aliphatic carbocycles. The highest BCUT2D eigenvalue weighted by Gasteiger charge is 2.13. The summed E-state index contributed by atoms with van der Waals surface area (Å²) >= 11 is 5.81. The molecular formula is C15H16ClN3O2. The van der Waals surface area contributed by atoms with Gasteiger partial charge in [-0.15, -0.1) is 0 Å². The standard InChI is InChI=1S/C15H16ClN3O2/c1-4-21-15-17-9(2)13(10(3)18-15)19-14(20)11-5-7-12(16)8-6-11/h5-8H,4H2,1-3H3,(H,19,20). The second kappa shape index (κ2) is 6.54. The fourth-order valence-corrected chi connectivity index (χ4v) is 1.97. The van der Waals surface area contributed by atoms with Crippen molar-refractivity contribution >= 4 is 23.2 Å². The molecule has 6 heteroatoms. The van der Waals surface area contributed by atoms with Gasteiger partial charge in [-0.3, -0.25) is 4.79 Å². The summed E-state index contributed by atoms with van der Waals surface area (Å²) in [5.41, 5.74) is 2.44. The largest absolute Gasteiger partial charge is 0.464 e. The zero-order valence-corrected chi connectivity index (χ0v) is 12.9. The Morgan fingerprint density at radius 2 is 1.76 bits per heavy atom. The summed E-state index contributed by atoms with van der Waals surface area (Å²) in [7, 11) is 0. The first kappa shape index (κ1) is 15.3. The fourth-order valence-electron chi connectivity index (χ4n) is 1.85. The van der Waals surface area contributed by atoms with E-state index >= 15 is 0 Å². The van der Waals surface area contributed by atoms with Crippen molar-refractivity contribution in [1.29, 1.82) is 0 Å². The Balaban J connectivity index is 2.23. The minimum Gasteiger partial charge on any atom is -0.464 e. The van der Waals surface area contributed by atoms with Crippen molar-refractivity contribution in [3.8, 4) is 6.01 Å². The Bertz CT molecular complexity index is 633. The first-order chi connectivity index (χ1) is 10.0. The summed E-state index contributed by atoms with van der Waals surface area (Å²) < 4.78 is 5.28. The van der Waals surface area contributed by atoms with Crippen LogP contribution in [0.15, 0.2) is 24.3 Å². The SMILES string of the molecule is CCOc1nc(C)c(NC(=O)c2ccc(Cl)cc2)c(C)n1. The molecule has 21 heavy (non-hydrogen) atoms. The minimum atomic E-state index is -0.231. The van der Waals surface area contributed by atoms with Crippen molar-refractivity contribution in [3.63, 3.8) is 0 Å². The van der Waals surface area contributed by atoms with Crippen LogP contribution in [0.5, 0.6) is 6.01 Å². The van der Waals surface area contributed by atoms with Crippen LogP contribution in [0.25, 0.3) is 0 Å². The summed E-state index contributed by atoms with van der Waals surface area (Å²) in [5.74, 6) is -0.231. The van der Waals surface area contributed by atoms with E-state index in [1.165, 1.54) is 0 Å². The van der Waals surface area contributed by atoms with Gasteiger partial charge < -0.3 is 10.1 Å². The van der Waals surface area contributed by atoms with Gasteiger partial charge in [0, 0.05) is 10.6 Å². The second-order valence-electron chi connectivity index (χ2n) is 4.45. The maximum absolute atomic E-state index is 12.2. The van der Waals surface area contributed by atoms with Crippen LogP contribution >= 0.6 is 11.6 Å². The minimum absolute atomic E-state index is 0.231. The monoisotopic (exact) mass is 305 g/mol. The second-order valence-corrected chi connectivity index (χ2v) is 4.88. The van der Waals surface area contributed by atoms with Crippen LogP contribution < -0.4 is 10.1 Å². The number of benzene rings is 1. The van der Waals surface area contributed by atoms with Crippen LogP contribution in [0.1, 0.15) is 28.7 Å². The van der Waals surface area contributed by atoms with E-state index in [-0.39, 0.29) is 5.91 Å². The smallest absolute Gasteiger partial charge is 0.316 e. The molecule has 1 heterocycles. The fraction of sp³-hybridized carbons (Fsp3) is 0.267. The Hall–Kier alpha value is -2.14. The number of anilines is 1.